The number of methoxy groups -OCH3 is 1. The third kappa shape index (κ3) is 6.74. The zero-order chi connectivity index (χ0) is 21.3. The van der Waals surface area contributed by atoms with Crippen molar-refractivity contribution in [2.45, 2.75) is 56.3 Å². The van der Waals surface area contributed by atoms with Crippen molar-refractivity contribution in [2.24, 2.45) is 4.99 Å². The van der Waals surface area contributed by atoms with Crippen molar-refractivity contribution in [3.05, 3.63) is 35.7 Å². The topological polar surface area (TPSA) is 67.6 Å². The quantitative estimate of drug-likeness (QED) is 0.162. The van der Waals surface area contributed by atoms with Crippen LogP contribution in [-0.4, -0.2) is 59.6 Å². The van der Waals surface area contributed by atoms with Crippen LogP contribution >= 0.6 is 35.7 Å². The van der Waals surface area contributed by atoms with Gasteiger partial charge in [0.1, 0.15) is 11.6 Å². The Morgan fingerprint density at radius 2 is 2.03 bits per heavy atom. The lowest BCUT2D eigenvalue weighted by Gasteiger charge is -2.23. The fourth-order valence-corrected chi connectivity index (χ4v) is 4.72. The Kier molecular flexibility index (Phi) is 10.9. The molecule has 9 heteroatoms. The van der Waals surface area contributed by atoms with Crippen molar-refractivity contribution in [3.63, 3.8) is 0 Å². The van der Waals surface area contributed by atoms with E-state index in [1.165, 1.54) is 25.7 Å². The highest BCUT2D eigenvalue weighted by molar-refractivity contribution is 14.0. The predicted octanol–water partition coefficient (Wildman–Crippen LogP) is 4.38. The van der Waals surface area contributed by atoms with Crippen LogP contribution in [0.5, 0.6) is 5.75 Å². The van der Waals surface area contributed by atoms with Crippen LogP contribution in [0.25, 0.3) is 0 Å². The van der Waals surface area contributed by atoms with Crippen LogP contribution < -0.4 is 10.1 Å². The van der Waals surface area contributed by atoms with Crippen LogP contribution in [0.4, 0.5) is 0 Å². The van der Waals surface area contributed by atoms with Crippen LogP contribution in [0.1, 0.15) is 49.5 Å². The minimum atomic E-state index is 0. The molecule has 0 bridgehead atoms. The van der Waals surface area contributed by atoms with E-state index in [0.29, 0.717) is 6.04 Å². The number of hydrogen-bond donors (Lipinski definition) is 1. The van der Waals surface area contributed by atoms with Gasteiger partial charge in [0, 0.05) is 45.2 Å². The number of hydrogen-bond acceptors (Lipinski definition) is 5. The monoisotopic (exact) mass is 558 g/mol. The smallest absolute Gasteiger partial charge is 0.193 e. The highest BCUT2D eigenvalue weighted by atomic mass is 127. The molecular formula is C22H35IN6OS. The molecule has 1 aliphatic rings. The van der Waals surface area contributed by atoms with Crippen LogP contribution in [0, 0.1) is 0 Å². The lowest BCUT2D eigenvalue weighted by molar-refractivity contribution is 0.396. The molecule has 1 aromatic heterocycles. The van der Waals surface area contributed by atoms with Crippen molar-refractivity contribution in [2.75, 3.05) is 34.0 Å². The Hall–Kier alpha value is -1.49. The lowest BCUT2D eigenvalue weighted by Crippen LogP contribution is -2.39. The maximum absolute atomic E-state index is 5.47. The number of rotatable bonds is 9. The average molecular weight is 559 g/mol. The minimum Gasteiger partial charge on any atom is -0.496 e. The summed E-state index contributed by atoms with van der Waals surface area (Å²) >= 11 is 1.70. The van der Waals surface area contributed by atoms with Gasteiger partial charge in [-0.15, -0.1) is 34.2 Å². The van der Waals surface area contributed by atoms with Gasteiger partial charge in [0.05, 0.1) is 7.11 Å². The summed E-state index contributed by atoms with van der Waals surface area (Å²) in [6.07, 6.45) is 9.11. The molecule has 3 rings (SSSR count). The van der Waals surface area contributed by atoms with Gasteiger partial charge in [-0.25, -0.2) is 0 Å². The number of aliphatic imine (C=N–C) groups is 1. The standard InChI is InChI=1S/C22H34N6OS.HI/c1-23-21(27(2)16-17-10-5-8-13-19(17)29-3)24-15-9-14-20-25-26-22(30-4)28(20)18-11-6-7-12-18;/h5,8,10,13,18H,6-7,9,11-12,14-16H2,1-4H3,(H,23,24);1H. The first kappa shape index (κ1) is 25.8. The second-order valence-electron chi connectivity index (χ2n) is 7.66. The Bertz CT molecular complexity index is 837. The first-order chi connectivity index (χ1) is 14.7. The van der Waals surface area contributed by atoms with E-state index in [2.05, 4.69) is 42.3 Å². The molecule has 7 nitrogen and oxygen atoms in total. The molecule has 1 aliphatic carbocycles. The highest BCUT2D eigenvalue weighted by Crippen LogP contribution is 2.33. The normalized spacial score (nSPS) is 14.4. The molecule has 1 fully saturated rings. The molecule has 0 atom stereocenters. The number of para-hydroxylation sites is 1. The number of aromatic nitrogens is 3. The number of guanidine groups is 1. The van der Waals surface area contributed by atoms with Gasteiger partial charge in [-0.1, -0.05) is 42.8 Å². The van der Waals surface area contributed by atoms with E-state index in [4.69, 9.17) is 4.74 Å². The van der Waals surface area contributed by atoms with Crippen molar-refractivity contribution >= 4 is 41.7 Å². The van der Waals surface area contributed by atoms with Gasteiger partial charge in [0.15, 0.2) is 11.1 Å². The molecule has 0 unspecified atom stereocenters. The molecule has 2 aromatic rings. The molecule has 0 aliphatic heterocycles. The highest BCUT2D eigenvalue weighted by Gasteiger charge is 2.23. The maximum Gasteiger partial charge on any atom is 0.193 e. The Labute approximate surface area is 207 Å². The summed E-state index contributed by atoms with van der Waals surface area (Å²) in [5.74, 6) is 2.89. The summed E-state index contributed by atoms with van der Waals surface area (Å²) in [5, 5.41) is 13.4. The second kappa shape index (κ2) is 13.1. The van der Waals surface area contributed by atoms with E-state index >= 15 is 0 Å². The minimum absolute atomic E-state index is 0. The zero-order valence-electron chi connectivity index (χ0n) is 19.0. The molecule has 1 heterocycles. The van der Waals surface area contributed by atoms with Crippen molar-refractivity contribution in [1.29, 1.82) is 0 Å². The number of nitrogens with zero attached hydrogens (tertiary/aromatic N) is 5. The molecule has 1 aromatic carbocycles. The molecule has 31 heavy (non-hydrogen) atoms. The number of benzene rings is 1. The van der Waals surface area contributed by atoms with E-state index < -0.39 is 0 Å². The van der Waals surface area contributed by atoms with Crippen LogP contribution in [0.2, 0.25) is 0 Å². The van der Waals surface area contributed by atoms with Gasteiger partial charge in [0.25, 0.3) is 0 Å². The molecule has 172 valence electrons. The van der Waals surface area contributed by atoms with Crippen LogP contribution in [-0.2, 0) is 13.0 Å². The fourth-order valence-electron chi connectivity index (χ4n) is 4.14. The summed E-state index contributed by atoms with van der Waals surface area (Å²) in [6.45, 7) is 1.58. The molecule has 0 saturated heterocycles. The van der Waals surface area contributed by atoms with Crippen molar-refractivity contribution < 1.29 is 4.74 Å². The first-order valence-corrected chi connectivity index (χ1v) is 11.9. The zero-order valence-corrected chi connectivity index (χ0v) is 22.2. The molecule has 0 spiro atoms. The summed E-state index contributed by atoms with van der Waals surface area (Å²) in [4.78, 5) is 6.55. The Balaban J connectivity index is 0.00000341. The number of ether oxygens (including phenoxy) is 1. The van der Waals surface area contributed by atoms with Crippen molar-refractivity contribution in [1.82, 2.24) is 25.0 Å². The Morgan fingerprint density at radius 3 is 2.71 bits per heavy atom. The van der Waals surface area contributed by atoms with Gasteiger partial charge in [-0.3, -0.25) is 4.99 Å². The first-order valence-electron chi connectivity index (χ1n) is 10.7. The molecule has 1 N–H and O–H groups in total. The maximum atomic E-state index is 5.47. The van der Waals surface area contributed by atoms with Gasteiger partial charge in [-0.05, 0) is 31.6 Å². The Morgan fingerprint density at radius 1 is 1.29 bits per heavy atom. The molecule has 0 radical (unpaired) electrons. The fraction of sp³-hybridized carbons (Fsp3) is 0.591. The third-order valence-electron chi connectivity index (χ3n) is 5.64. The predicted molar refractivity (Wildman–Crippen MR) is 139 cm³/mol. The number of aryl methyl sites for hydroxylation is 1. The van der Waals surface area contributed by atoms with Crippen molar-refractivity contribution in [3.8, 4) is 5.75 Å². The van der Waals surface area contributed by atoms with Gasteiger partial charge >= 0.3 is 0 Å². The second-order valence-corrected chi connectivity index (χ2v) is 8.43. The van der Waals surface area contributed by atoms with Gasteiger partial charge in [0.2, 0.25) is 0 Å². The lowest BCUT2D eigenvalue weighted by atomic mass is 10.2. The summed E-state index contributed by atoms with van der Waals surface area (Å²) < 4.78 is 7.86. The van der Waals surface area contributed by atoms with Gasteiger partial charge < -0.3 is 19.5 Å². The SMILES string of the molecule is CN=C(NCCCc1nnc(SC)n1C1CCCC1)N(C)Cc1ccccc1OC.I. The van der Waals surface area contributed by atoms with E-state index in [-0.39, 0.29) is 24.0 Å². The average Bonchev–Trinajstić information content (AvgIpc) is 3.43. The number of thioether (sulfide) groups is 1. The number of halogens is 1. The largest absolute Gasteiger partial charge is 0.496 e. The molecule has 1 saturated carbocycles. The molecule has 0 amide bonds. The molecular weight excluding hydrogens is 523 g/mol. The van der Waals surface area contributed by atoms with E-state index in [9.17, 15) is 0 Å². The summed E-state index contributed by atoms with van der Waals surface area (Å²) in [6, 6.07) is 8.67. The number of nitrogens with one attached hydrogen (secondary N) is 1. The van der Waals surface area contributed by atoms with E-state index in [0.717, 1.165) is 54.2 Å². The third-order valence-corrected chi connectivity index (χ3v) is 6.28. The van der Waals surface area contributed by atoms with E-state index in [1.807, 2.05) is 32.3 Å². The van der Waals surface area contributed by atoms with Crippen LogP contribution in [0.15, 0.2) is 34.4 Å². The summed E-state index contributed by atoms with van der Waals surface area (Å²) in [7, 11) is 5.57. The summed E-state index contributed by atoms with van der Waals surface area (Å²) in [5.41, 5.74) is 1.14. The van der Waals surface area contributed by atoms with E-state index in [1.54, 1.807) is 18.9 Å². The van der Waals surface area contributed by atoms with Crippen LogP contribution in [0.3, 0.4) is 0 Å². The van der Waals surface area contributed by atoms with Gasteiger partial charge in [-0.2, -0.15) is 0 Å².